The summed E-state index contributed by atoms with van der Waals surface area (Å²) in [5.41, 5.74) is 0. The fourth-order valence-corrected chi connectivity index (χ4v) is 4.18. The van der Waals surface area contributed by atoms with Gasteiger partial charge in [-0.2, -0.15) is 0 Å². The van der Waals surface area contributed by atoms with Gasteiger partial charge in [-0.1, -0.05) is 89.7 Å². The first kappa shape index (κ1) is 28.6. The van der Waals surface area contributed by atoms with Gasteiger partial charge in [-0.05, 0) is 32.1 Å². The van der Waals surface area contributed by atoms with E-state index in [4.69, 9.17) is 14.6 Å². The van der Waals surface area contributed by atoms with Gasteiger partial charge in [0.1, 0.15) is 24.4 Å². The van der Waals surface area contributed by atoms with E-state index < -0.39 is 24.4 Å². The second-order valence-electron chi connectivity index (χ2n) is 9.10. The van der Waals surface area contributed by atoms with Crippen LogP contribution in [0.1, 0.15) is 110 Å². The van der Waals surface area contributed by atoms with Gasteiger partial charge in [-0.25, -0.2) is 0 Å². The molecule has 5 nitrogen and oxygen atoms in total. The Morgan fingerprint density at radius 1 is 0.839 bits per heavy atom. The van der Waals surface area contributed by atoms with Gasteiger partial charge in [0, 0.05) is 6.61 Å². The molecule has 0 aromatic heterocycles. The number of aliphatic hydroxyl groups excluding tert-OH is 3. The normalized spacial score (nSPS) is 22.5. The molecular formula is C26H50O5. The number of ether oxygens (including phenoxy) is 2. The van der Waals surface area contributed by atoms with Crippen LogP contribution in [-0.4, -0.2) is 59.6 Å². The lowest BCUT2D eigenvalue weighted by Gasteiger charge is -2.23. The molecule has 1 heterocycles. The number of rotatable bonds is 21. The van der Waals surface area contributed by atoms with Crippen LogP contribution in [0.3, 0.4) is 0 Å². The van der Waals surface area contributed by atoms with Gasteiger partial charge < -0.3 is 24.8 Å². The largest absolute Gasteiger partial charge is 0.394 e. The van der Waals surface area contributed by atoms with Crippen molar-refractivity contribution in [1.29, 1.82) is 0 Å². The molecule has 1 fully saturated rings. The first-order chi connectivity index (χ1) is 15.2. The van der Waals surface area contributed by atoms with Crippen LogP contribution in [0, 0.1) is 0 Å². The van der Waals surface area contributed by atoms with Crippen molar-refractivity contribution in [3.63, 3.8) is 0 Å². The first-order valence-corrected chi connectivity index (χ1v) is 13.1. The van der Waals surface area contributed by atoms with E-state index >= 15 is 0 Å². The molecule has 0 amide bonds. The molecule has 0 aliphatic carbocycles. The molecule has 184 valence electrons. The van der Waals surface area contributed by atoms with Crippen LogP contribution < -0.4 is 0 Å². The quantitative estimate of drug-likeness (QED) is 0.166. The molecular weight excluding hydrogens is 392 g/mol. The van der Waals surface area contributed by atoms with Crippen molar-refractivity contribution >= 4 is 0 Å². The smallest absolute Gasteiger partial charge is 0.114 e. The molecule has 0 unspecified atom stereocenters. The van der Waals surface area contributed by atoms with E-state index in [-0.39, 0.29) is 13.2 Å². The summed E-state index contributed by atoms with van der Waals surface area (Å²) < 4.78 is 11.0. The van der Waals surface area contributed by atoms with E-state index in [0.29, 0.717) is 6.61 Å². The van der Waals surface area contributed by atoms with Gasteiger partial charge in [-0.15, -0.1) is 0 Å². The van der Waals surface area contributed by atoms with Crippen LogP contribution in [0.5, 0.6) is 0 Å². The molecule has 5 heteroatoms. The predicted molar refractivity (Wildman–Crippen MR) is 127 cm³/mol. The molecule has 1 aliphatic heterocycles. The molecule has 0 aromatic carbocycles. The zero-order chi connectivity index (χ0) is 22.6. The summed E-state index contributed by atoms with van der Waals surface area (Å²) in [5.74, 6) is 0. The van der Waals surface area contributed by atoms with Crippen molar-refractivity contribution in [3.05, 3.63) is 12.2 Å². The monoisotopic (exact) mass is 442 g/mol. The molecule has 4 atom stereocenters. The Morgan fingerprint density at radius 2 is 1.35 bits per heavy atom. The molecule has 0 spiro atoms. The van der Waals surface area contributed by atoms with Crippen LogP contribution in [0.15, 0.2) is 12.2 Å². The van der Waals surface area contributed by atoms with Crippen LogP contribution in [-0.2, 0) is 9.47 Å². The van der Waals surface area contributed by atoms with Crippen molar-refractivity contribution in [3.8, 4) is 0 Å². The maximum absolute atomic E-state index is 9.90. The van der Waals surface area contributed by atoms with E-state index in [1.807, 2.05) is 0 Å². The van der Waals surface area contributed by atoms with Crippen molar-refractivity contribution < 1.29 is 24.8 Å². The Labute approximate surface area is 191 Å². The molecule has 0 bridgehead atoms. The highest BCUT2D eigenvalue weighted by atomic mass is 16.6. The number of unbranched alkanes of at least 4 members (excludes halogenated alkanes) is 14. The minimum absolute atomic E-state index is 0.149. The second kappa shape index (κ2) is 20.2. The maximum Gasteiger partial charge on any atom is 0.114 e. The highest BCUT2D eigenvalue weighted by molar-refractivity contribution is 4.89. The topological polar surface area (TPSA) is 79.2 Å². The second-order valence-corrected chi connectivity index (χ2v) is 9.10. The van der Waals surface area contributed by atoms with E-state index in [0.717, 1.165) is 25.7 Å². The summed E-state index contributed by atoms with van der Waals surface area (Å²) in [4.78, 5) is 0. The minimum Gasteiger partial charge on any atom is -0.394 e. The summed E-state index contributed by atoms with van der Waals surface area (Å²) in [6.07, 6.45) is 22.5. The van der Waals surface area contributed by atoms with Gasteiger partial charge in [0.15, 0.2) is 0 Å². The summed E-state index contributed by atoms with van der Waals surface area (Å²) in [7, 11) is 0. The van der Waals surface area contributed by atoms with Crippen molar-refractivity contribution in [2.24, 2.45) is 0 Å². The Hall–Kier alpha value is -0.460. The molecule has 1 aliphatic rings. The fraction of sp³-hybridized carbons (Fsp3) is 0.923. The van der Waals surface area contributed by atoms with E-state index in [2.05, 4.69) is 19.1 Å². The van der Waals surface area contributed by atoms with Gasteiger partial charge in [-0.3, -0.25) is 0 Å². The summed E-state index contributed by atoms with van der Waals surface area (Å²) in [6.45, 7) is 2.58. The van der Waals surface area contributed by atoms with Crippen molar-refractivity contribution in [2.75, 3.05) is 19.8 Å². The molecule has 0 saturated carbocycles. The summed E-state index contributed by atoms with van der Waals surface area (Å²) >= 11 is 0. The highest BCUT2D eigenvalue weighted by Gasteiger charge is 2.40. The Morgan fingerprint density at radius 3 is 1.90 bits per heavy atom. The Kier molecular flexibility index (Phi) is 18.6. The average Bonchev–Trinajstić information content (AvgIpc) is 3.15. The van der Waals surface area contributed by atoms with E-state index in [1.54, 1.807) is 0 Å². The fourth-order valence-electron chi connectivity index (χ4n) is 4.18. The van der Waals surface area contributed by atoms with Crippen molar-refractivity contribution in [1.82, 2.24) is 0 Å². The third kappa shape index (κ3) is 14.3. The first-order valence-electron chi connectivity index (χ1n) is 13.1. The Bertz CT molecular complexity index is 415. The number of hydrogen-bond acceptors (Lipinski definition) is 5. The average molecular weight is 443 g/mol. The van der Waals surface area contributed by atoms with Gasteiger partial charge in [0.25, 0.3) is 0 Å². The highest BCUT2D eigenvalue weighted by Crippen LogP contribution is 2.21. The third-order valence-electron chi connectivity index (χ3n) is 6.20. The molecule has 1 rings (SSSR count). The van der Waals surface area contributed by atoms with Crippen molar-refractivity contribution in [2.45, 2.75) is 134 Å². The van der Waals surface area contributed by atoms with Crippen LogP contribution >= 0.6 is 0 Å². The number of allylic oxidation sites excluding steroid dienone is 2. The zero-order valence-electron chi connectivity index (χ0n) is 20.1. The minimum atomic E-state index is -1.01. The van der Waals surface area contributed by atoms with Crippen LogP contribution in [0.4, 0.5) is 0 Å². The predicted octanol–water partition coefficient (Wildman–Crippen LogP) is 5.30. The standard InChI is InChI=1S/C26H50O5/c1-2-3-4-5-6-7-8-9-10-11-12-13-14-15-16-17-18-19-20-30-26-24(29)22-31-25(26)23(28)21-27/h14-15,23-29H,2-13,16-22H2,1H3/b15-14+/t23-,24+,25+,26+/m0/s1. The maximum atomic E-state index is 9.90. The zero-order valence-corrected chi connectivity index (χ0v) is 20.1. The molecule has 1 saturated heterocycles. The lowest BCUT2D eigenvalue weighted by Crippen LogP contribution is -2.42. The molecule has 0 aromatic rings. The number of aliphatic hydroxyl groups is 3. The van der Waals surface area contributed by atoms with Gasteiger partial charge >= 0.3 is 0 Å². The third-order valence-corrected chi connectivity index (χ3v) is 6.20. The summed E-state index contributed by atoms with van der Waals surface area (Å²) in [5, 5.41) is 28.7. The van der Waals surface area contributed by atoms with E-state index in [9.17, 15) is 10.2 Å². The molecule has 31 heavy (non-hydrogen) atoms. The SMILES string of the molecule is CCCCCCCCCCCCC/C=C/CCCCCO[C@H]1[C@@H]([C@@H](O)CO)OC[C@H]1O. The molecule has 0 radical (unpaired) electrons. The lowest BCUT2D eigenvalue weighted by molar-refractivity contribution is -0.0937. The summed E-state index contributed by atoms with van der Waals surface area (Å²) in [6, 6.07) is 0. The van der Waals surface area contributed by atoms with E-state index in [1.165, 1.54) is 77.0 Å². The van der Waals surface area contributed by atoms with Crippen LogP contribution in [0.2, 0.25) is 0 Å². The van der Waals surface area contributed by atoms with Gasteiger partial charge in [0.05, 0.1) is 13.2 Å². The Balaban J connectivity index is 1.84. The molecule has 3 N–H and O–H groups in total. The number of hydrogen-bond donors (Lipinski definition) is 3. The lowest BCUT2D eigenvalue weighted by atomic mass is 10.1. The van der Waals surface area contributed by atoms with Crippen LogP contribution in [0.25, 0.3) is 0 Å². The van der Waals surface area contributed by atoms with Gasteiger partial charge in [0.2, 0.25) is 0 Å².